The Bertz CT molecular complexity index is 417. The first-order valence-corrected chi connectivity index (χ1v) is 4.67. The minimum Gasteiger partial charge on any atom is -0.346 e. The SMILES string of the molecule is COC1(OC)C=CC(=O)c2ccccc21. The van der Waals surface area contributed by atoms with Crippen LogP contribution in [0.2, 0.25) is 0 Å². The second-order valence-corrected chi connectivity index (χ2v) is 3.32. The van der Waals surface area contributed by atoms with Gasteiger partial charge in [-0.2, -0.15) is 0 Å². The number of methoxy groups -OCH3 is 2. The predicted octanol–water partition coefficient (Wildman–Crippen LogP) is 1.88. The van der Waals surface area contributed by atoms with Crippen molar-refractivity contribution in [2.24, 2.45) is 0 Å². The summed E-state index contributed by atoms with van der Waals surface area (Å²) in [6, 6.07) is 7.29. The van der Waals surface area contributed by atoms with E-state index in [1.165, 1.54) is 6.08 Å². The van der Waals surface area contributed by atoms with Crippen LogP contribution >= 0.6 is 0 Å². The van der Waals surface area contributed by atoms with Crippen LogP contribution in [0, 0.1) is 0 Å². The van der Waals surface area contributed by atoms with Gasteiger partial charge in [-0.05, 0) is 12.2 Å². The molecule has 0 amide bonds. The van der Waals surface area contributed by atoms with Crippen LogP contribution in [0.25, 0.3) is 0 Å². The van der Waals surface area contributed by atoms with Crippen LogP contribution in [-0.2, 0) is 15.3 Å². The molecule has 3 nitrogen and oxygen atoms in total. The van der Waals surface area contributed by atoms with Gasteiger partial charge in [-0.15, -0.1) is 0 Å². The summed E-state index contributed by atoms with van der Waals surface area (Å²) in [5.74, 6) is -0.944. The van der Waals surface area contributed by atoms with Crippen molar-refractivity contribution < 1.29 is 14.3 Å². The van der Waals surface area contributed by atoms with E-state index in [0.717, 1.165) is 5.56 Å². The van der Waals surface area contributed by atoms with Crippen LogP contribution in [0.3, 0.4) is 0 Å². The minimum absolute atomic E-state index is 0.0182. The van der Waals surface area contributed by atoms with Crippen molar-refractivity contribution in [3.05, 3.63) is 47.5 Å². The Labute approximate surface area is 88.3 Å². The molecule has 2 rings (SSSR count). The van der Waals surface area contributed by atoms with Gasteiger partial charge in [-0.1, -0.05) is 24.3 Å². The summed E-state index contributed by atoms with van der Waals surface area (Å²) in [6.07, 6.45) is 3.12. The summed E-state index contributed by atoms with van der Waals surface area (Å²) in [5.41, 5.74) is 1.38. The number of hydrogen-bond donors (Lipinski definition) is 0. The second-order valence-electron chi connectivity index (χ2n) is 3.32. The maximum atomic E-state index is 11.6. The zero-order valence-electron chi connectivity index (χ0n) is 8.69. The van der Waals surface area contributed by atoms with E-state index in [-0.39, 0.29) is 5.78 Å². The Kier molecular flexibility index (Phi) is 2.42. The highest BCUT2D eigenvalue weighted by Gasteiger charge is 2.35. The largest absolute Gasteiger partial charge is 0.346 e. The first-order valence-electron chi connectivity index (χ1n) is 4.67. The summed E-state index contributed by atoms with van der Waals surface area (Å²) in [4.78, 5) is 11.6. The maximum Gasteiger partial charge on any atom is 0.215 e. The van der Waals surface area contributed by atoms with Gasteiger partial charge >= 0.3 is 0 Å². The fourth-order valence-corrected chi connectivity index (χ4v) is 1.81. The molecule has 3 heteroatoms. The Morgan fingerprint density at radius 1 is 1.13 bits per heavy atom. The first kappa shape index (κ1) is 10.1. The Hall–Kier alpha value is -1.45. The highest BCUT2D eigenvalue weighted by molar-refractivity contribution is 6.07. The number of carbonyl (C=O) groups is 1. The highest BCUT2D eigenvalue weighted by atomic mass is 16.7. The molecule has 0 unspecified atom stereocenters. The molecule has 0 saturated carbocycles. The molecule has 0 radical (unpaired) electrons. The Balaban J connectivity index is 2.63. The smallest absolute Gasteiger partial charge is 0.215 e. The summed E-state index contributed by atoms with van der Waals surface area (Å²) < 4.78 is 10.7. The van der Waals surface area contributed by atoms with Crippen LogP contribution in [0.1, 0.15) is 15.9 Å². The van der Waals surface area contributed by atoms with E-state index in [0.29, 0.717) is 5.56 Å². The lowest BCUT2D eigenvalue weighted by molar-refractivity contribution is -0.178. The van der Waals surface area contributed by atoms with Crippen molar-refractivity contribution in [1.29, 1.82) is 0 Å². The molecule has 0 spiro atoms. The number of hydrogen-bond acceptors (Lipinski definition) is 3. The highest BCUT2D eigenvalue weighted by Crippen LogP contribution is 2.33. The van der Waals surface area contributed by atoms with Gasteiger partial charge in [0.15, 0.2) is 5.78 Å². The van der Waals surface area contributed by atoms with Crippen molar-refractivity contribution in [1.82, 2.24) is 0 Å². The molecule has 1 aliphatic carbocycles. The number of allylic oxidation sites excluding steroid dienone is 1. The van der Waals surface area contributed by atoms with E-state index in [4.69, 9.17) is 9.47 Å². The fourth-order valence-electron chi connectivity index (χ4n) is 1.81. The Morgan fingerprint density at radius 3 is 2.47 bits per heavy atom. The fraction of sp³-hybridized carbons (Fsp3) is 0.250. The van der Waals surface area contributed by atoms with Crippen molar-refractivity contribution in [3.8, 4) is 0 Å². The van der Waals surface area contributed by atoms with Crippen LogP contribution in [0.4, 0.5) is 0 Å². The average Bonchev–Trinajstić information content (AvgIpc) is 2.31. The van der Waals surface area contributed by atoms with E-state index in [9.17, 15) is 4.79 Å². The van der Waals surface area contributed by atoms with E-state index in [2.05, 4.69) is 0 Å². The van der Waals surface area contributed by atoms with Crippen LogP contribution in [-0.4, -0.2) is 20.0 Å². The van der Waals surface area contributed by atoms with Gasteiger partial charge in [0, 0.05) is 25.3 Å². The van der Waals surface area contributed by atoms with E-state index < -0.39 is 5.79 Å². The quantitative estimate of drug-likeness (QED) is 0.690. The minimum atomic E-state index is -0.926. The molecule has 0 atom stereocenters. The third kappa shape index (κ3) is 1.40. The van der Waals surface area contributed by atoms with E-state index >= 15 is 0 Å². The van der Waals surface area contributed by atoms with E-state index in [1.807, 2.05) is 18.2 Å². The van der Waals surface area contributed by atoms with E-state index in [1.54, 1.807) is 26.4 Å². The lowest BCUT2D eigenvalue weighted by atomic mass is 9.91. The maximum absolute atomic E-state index is 11.6. The zero-order chi connectivity index (χ0) is 10.9. The lowest BCUT2D eigenvalue weighted by Crippen LogP contribution is -2.33. The molecule has 15 heavy (non-hydrogen) atoms. The summed E-state index contributed by atoms with van der Waals surface area (Å²) >= 11 is 0. The van der Waals surface area contributed by atoms with Gasteiger partial charge in [0.2, 0.25) is 5.79 Å². The second kappa shape index (κ2) is 3.61. The molecule has 0 N–H and O–H groups in total. The molecule has 0 bridgehead atoms. The molecule has 78 valence electrons. The number of carbonyl (C=O) groups excluding carboxylic acids is 1. The number of benzene rings is 1. The number of ketones is 1. The molecular weight excluding hydrogens is 192 g/mol. The monoisotopic (exact) mass is 204 g/mol. The predicted molar refractivity (Wildman–Crippen MR) is 55.6 cm³/mol. The topological polar surface area (TPSA) is 35.5 Å². The first-order chi connectivity index (χ1) is 7.23. The zero-order valence-corrected chi connectivity index (χ0v) is 8.69. The standard InChI is InChI=1S/C12H12O3/c1-14-12(15-2)8-7-11(13)9-5-3-4-6-10(9)12/h3-8H,1-2H3. The summed E-state index contributed by atoms with van der Waals surface area (Å²) in [5, 5.41) is 0. The molecule has 0 heterocycles. The van der Waals surface area contributed by atoms with Crippen molar-refractivity contribution in [2.45, 2.75) is 5.79 Å². The molecule has 0 saturated heterocycles. The molecule has 1 aromatic rings. The van der Waals surface area contributed by atoms with Gasteiger partial charge < -0.3 is 9.47 Å². The molecule has 0 aromatic heterocycles. The molecular formula is C12H12O3. The van der Waals surface area contributed by atoms with Gasteiger partial charge in [0.25, 0.3) is 0 Å². The van der Waals surface area contributed by atoms with Gasteiger partial charge in [-0.25, -0.2) is 0 Å². The van der Waals surface area contributed by atoms with Crippen LogP contribution < -0.4 is 0 Å². The number of ether oxygens (including phenoxy) is 2. The molecule has 1 aromatic carbocycles. The van der Waals surface area contributed by atoms with Gasteiger partial charge in [0.05, 0.1) is 0 Å². The van der Waals surface area contributed by atoms with Crippen molar-refractivity contribution in [3.63, 3.8) is 0 Å². The van der Waals surface area contributed by atoms with Crippen LogP contribution in [0.15, 0.2) is 36.4 Å². The molecule has 0 fully saturated rings. The van der Waals surface area contributed by atoms with Gasteiger partial charge in [0.1, 0.15) is 0 Å². The van der Waals surface area contributed by atoms with Gasteiger partial charge in [-0.3, -0.25) is 4.79 Å². The number of rotatable bonds is 2. The van der Waals surface area contributed by atoms with Crippen molar-refractivity contribution >= 4 is 5.78 Å². The third-order valence-corrected chi connectivity index (χ3v) is 2.63. The lowest BCUT2D eigenvalue weighted by Gasteiger charge is -2.31. The third-order valence-electron chi connectivity index (χ3n) is 2.63. The summed E-state index contributed by atoms with van der Waals surface area (Å²) in [6.45, 7) is 0. The van der Waals surface area contributed by atoms with Crippen LogP contribution in [0.5, 0.6) is 0 Å². The van der Waals surface area contributed by atoms with Crippen molar-refractivity contribution in [2.75, 3.05) is 14.2 Å². The average molecular weight is 204 g/mol. The Morgan fingerprint density at radius 2 is 1.80 bits per heavy atom. The number of fused-ring (bicyclic) bond motifs is 1. The normalized spacial score (nSPS) is 17.6. The summed E-state index contributed by atoms with van der Waals surface area (Å²) in [7, 11) is 3.11. The molecule has 0 aliphatic heterocycles. The molecule has 1 aliphatic rings.